The number of fused-ring (bicyclic) bond motifs is 1. The molecule has 8 heteroatoms. The Morgan fingerprint density at radius 3 is 3.00 bits per heavy atom. The molecule has 1 atom stereocenters. The van der Waals surface area contributed by atoms with E-state index in [9.17, 15) is 10.1 Å². The van der Waals surface area contributed by atoms with Crippen molar-refractivity contribution in [3.8, 4) is 0 Å². The van der Waals surface area contributed by atoms with Gasteiger partial charge in [-0.3, -0.25) is 10.1 Å². The number of aromatic nitrogens is 2. The van der Waals surface area contributed by atoms with Crippen LogP contribution in [0.4, 0.5) is 11.4 Å². The van der Waals surface area contributed by atoms with Gasteiger partial charge in [0, 0.05) is 25.8 Å². The smallest absolute Gasteiger partial charge is 0.300 e. The van der Waals surface area contributed by atoms with Crippen molar-refractivity contribution < 1.29 is 14.7 Å². The molecule has 8 nitrogen and oxygen atoms in total. The normalized spacial score (nSPS) is 18.9. The van der Waals surface area contributed by atoms with E-state index in [1.165, 1.54) is 6.07 Å². The molecule has 1 unspecified atom stereocenters. The van der Waals surface area contributed by atoms with E-state index in [1.807, 2.05) is 0 Å². The lowest BCUT2D eigenvalue weighted by molar-refractivity contribution is -0.383. The van der Waals surface area contributed by atoms with Crippen LogP contribution in [0.25, 0.3) is 11.0 Å². The molecule has 1 N–H and O–H groups in total. The zero-order valence-electron chi connectivity index (χ0n) is 10.7. The number of aliphatic hydroxyl groups excluding tert-OH is 1. The molecule has 0 amide bonds. The zero-order valence-corrected chi connectivity index (χ0v) is 10.7. The van der Waals surface area contributed by atoms with E-state index in [0.29, 0.717) is 11.4 Å². The highest BCUT2D eigenvalue weighted by Crippen LogP contribution is 2.34. The quantitative estimate of drug-likeness (QED) is 0.664. The van der Waals surface area contributed by atoms with Crippen LogP contribution in [0.15, 0.2) is 16.8 Å². The number of nitro benzene ring substituents is 1. The summed E-state index contributed by atoms with van der Waals surface area (Å²) in [6.45, 7) is 1.82. The van der Waals surface area contributed by atoms with Gasteiger partial charge in [0.1, 0.15) is 0 Å². The van der Waals surface area contributed by atoms with Crippen LogP contribution in [0.5, 0.6) is 0 Å². The molecule has 0 aliphatic carbocycles. The molecule has 0 radical (unpaired) electrons. The average Bonchev–Trinajstić information content (AvgIpc) is 3.06. The lowest BCUT2D eigenvalue weighted by Crippen LogP contribution is -2.20. The standard InChI is InChI=1S/C12H14N4O4/c17-6-4-8-3-5-15(7-8)9-1-2-10(16(18)19)12-11(9)13-20-14-12/h1-2,8,17H,3-7H2. The Hall–Kier alpha value is -2.22. The Balaban J connectivity index is 1.95. The average molecular weight is 278 g/mol. The Morgan fingerprint density at radius 1 is 1.45 bits per heavy atom. The summed E-state index contributed by atoms with van der Waals surface area (Å²) in [5.74, 6) is 0.435. The number of nitro groups is 1. The number of anilines is 1. The van der Waals surface area contributed by atoms with Gasteiger partial charge in [-0.05, 0) is 35.1 Å². The van der Waals surface area contributed by atoms with Gasteiger partial charge in [0.25, 0.3) is 0 Å². The molecule has 0 spiro atoms. The number of aliphatic hydroxyl groups is 1. The second-order valence-corrected chi connectivity index (χ2v) is 4.94. The lowest BCUT2D eigenvalue weighted by Gasteiger charge is -2.18. The van der Waals surface area contributed by atoms with Crippen molar-refractivity contribution in [2.75, 3.05) is 24.6 Å². The Labute approximate surface area is 114 Å². The molecule has 2 heterocycles. The summed E-state index contributed by atoms with van der Waals surface area (Å²) in [5.41, 5.74) is 1.30. The lowest BCUT2D eigenvalue weighted by atomic mass is 10.1. The van der Waals surface area contributed by atoms with Crippen LogP contribution in [0.1, 0.15) is 12.8 Å². The van der Waals surface area contributed by atoms with Gasteiger partial charge < -0.3 is 10.0 Å². The van der Waals surface area contributed by atoms with Gasteiger partial charge in [-0.25, -0.2) is 4.63 Å². The molecule has 1 aliphatic heterocycles. The predicted octanol–water partition coefficient (Wildman–Crippen LogP) is 1.34. The molecule has 1 aromatic heterocycles. The fourth-order valence-electron chi connectivity index (χ4n) is 2.71. The van der Waals surface area contributed by atoms with Crippen LogP contribution in [0.2, 0.25) is 0 Å². The summed E-state index contributed by atoms with van der Waals surface area (Å²) >= 11 is 0. The van der Waals surface area contributed by atoms with Gasteiger partial charge in [-0.1, -0.05) is 0 Å². The summed E-state index contributed by atoms with van der Waals surface area (Å²) in [6.07, 6.45) is 1.76. The van der Waals surface area contributed by atoms with Gasteiger partial charge in [0.15, 0.2) is 5.52 Å². The molecule has 1 aliphatic rings. The van der Waals surface area contributed by atoms with E-state index in [4.69, 9.17) is 5.11 Å². The van der Waals surface area contributed by atoms with E-state index in [2.05, 4.69) is 19.8 Å². The largest absolute Gasteiger partial charge is 0.396 e. The fraction of sp³-hybridized carbons (Fsp3) is 0.500. The number of nitrogens with zero attached hydrogens (tertiary/aromatic N) is 4. The van der Waals surface area contributed by atoms with Crippen LogP contribution in [-0.4, -0.2) is 40.0 Å². The third-order valence-electron chi connectivity index (χ3n) is 3.73. The van der Waals surface area contributed by atoms with E-state index in [1.54, 1.807) is 6.07 Å². The third kappa shape index (κ3) is 2.07. The maximum absolute atomic E-state index is 10.9. The number of hydrogen-bond donors (Lipinski definition) is 1. The van der Waals surface area contributed by atoms with E-state index in [0.717, 1.165) is 31.6 Å². The predicted molar refractivity (Wildman–Crippen MR) is 70.5 cm³/mol. The van der Waals surface area contributed by atoms with Gasteiger partial charge in [-0.15, -0.1) is 0 Å². The van der Waals surface area contributed by atoms with Crippen LogP contribution in [0.3, 0.4) is 0 Å². The fourth-order valence-corrected chi connectivity index (χ4v) is 2.71. The minimum atomic E-state index is -0.491. The molecule has 0 saturated carbocycles. The Kier molecular flexibility index (Phi) is 3.23. The minimum Gasteiger partial charge on any atom is -0.396 e. The number of benzene rings is 1. The van der Waals surface area contributed by atoms with Crippen molar-refractivity contribution in [2.24, 2.45) is 5.92 Å². The van der Waals surface area contributed by atoms with Crippen molar-refractivity contribution in [3.63, 3.8) is 0 Å². The van der Waals surface area contributed by atoms with E-state index >= 15 is 0 Å². The van der Waals surface area contributed by atoms with Gasteiger partial charge in [-0.2, -0.15) is 0 Å². The maximum Gasteiger partial charge on any atom is 0.300 e. The SMILES string of the molecule is O=[N+]([O-])c1ccc(N2CCC(CCO)C2)c2nonc12. The first-order valence-electron chi connectivity index (χ1n) is 6.46. The van der Waals surface area contributed by atoms with E-state index < -0.39 is 4.92 Å². The van der Waals surface area contributed by atoms with Crippen LogP contribution in [0, 0.1) is 16.0 Å². The number of non-ortho nitro benzene ring substituents is 1. The first-order valence-corrected chi connectivity index (χ1v) is 6.46. The molecule has 2 aromatic rings. The second-order valence-electron chi connectivity index (χ2n) is 4.94. The summed E-state index contributed by atoms with van der Waals surface area (Å²) in [7, 11) is 0. The number of hydrogen-bond acceptors (Lipinski definition) is 7. The minimum absolute atomic E-state index is 0.101. The first-order chi connectivity index (χ1) is 9.70. The number of rotatable bonds is 4. The van der Waals surface area contributed by atoms with Crippen molar-refractivity contribution in [3.05, 3.63) is 22.2 Å². The molecule has 3 rings (SSSR count). The van der Waals surface area contributed by atoms with Crippen LogP contribution < -0.4 is 4.90 Å². The Bertz CT molecular complexity index is 641. The molecular formula is C12H14N4O4. The highest BCUT2D eigenvalue weighted by Gasteiger charge is 2.27. The molecule has 1 fully saturated rings. The molecule has 0 bridgehead atoms. The summed E-state index contributed by atoms with van der Waals surface area (Å²) in [6, 6.07) is 3.12. The topological polar surface area (TPSA) is 106 Å². The first kappa shape index (κ1) is 12.8. The molecule has 106 valence electrons. The summed E-state index contributed by atoms with van der Waals surface area (Å²) in [4.78, 5) is 12.6. The molecular weight excluding hydrogens is 264 g/mol. The van der Waals surface area contributed by atoms with E-state index in [-0.39, 0.29) is 17.8 Å². The van der Waals surface area contributed by atoms with Crippen molar-refractivity contribution >= 4 is 22.4 Å². The highest BCUT2D eigenvalue weighted by molar-refractivity contribution is 5.93. The second kappa shape index (κ2) is 5.04. The van der Waals surface area contributed by atoms with Crippen molar-refractivity contribution in [1.29, 1.82) is 0 Å². The van der Waals surface area contributed by atoms with Crippen molar-refractivity contribution in [2.45, 2.75) is 12.8 Å². The van der Waals surface area contributed by atoms with Crippen LogP contribution >= 0.6 is 0 Å². The molecule has 1 saturated heterocycles. The zero-order chi connectivity index (χ0) is 14.1. The molecule has 20 heavy (non-hydrogen) atoms. The molecule has 1 aromatic carbocycles. The highest BCUT2D eigenvalue weighted by atomic mass is 16.6. The third-order valence-corrected chi connectivity index (χ3v) is 3.73. The van der Waals surface area contributed by atoms with Gasteiger partial charge in [0.2, 0.25) is 5.52 Å². The summed E-state index contributed by atoms with van der Waals surface area (Å²) in [5, 5.41) is 27.4. The van der Waals surface area contributed by atoms with Gasteiger partial charge in [0.05, 0.1) is 10.6 Å². The maximum atomic E-state index is 10.9. The summed E-state index contributed by atoms with van der Waals surface area (Å²) < 4.78 is 4.66. The van der Waals surface area contributed by atoms with Crippen LogP contribution in [-0.2, 0) is 0 Å². The van der Waals surface area contributed by atoms with Gasteiger partial charge >= 0.3 is 5.69 Å². The van der Waals surface area contributed by atoms with Crippen molar-refractivity contribution in [1.82, 2.24) is 10.3 Å². The Morgan fingerprint density at radius 2 is 2.25 bits per heavy atom. The monoisotopic (exact) mass is 278 g/mol.